The van der Waals surface area contributed by atoms with Crippen molar-refractivity contribution in [3.8, 4) is 0 Å². The molecule has 2 aromatic rings. The molecule has 5 heteroatoms. The van der Waals surface area contributed by atoms with Crippen LogP contribution in [0.15, 0.2) is 46.8 Å². The minimum atomic E-state index is -0.532. The van der Waals surface area contributed by atoms with E-state index in [0.29, 0.717) is 5.69 Å². The Morgan fingerprint density at radius 2 is 2.06 bits per heavy atom. The molecule has 0 unspecified atom stereocenters. The molecule has 0 aliphatic heterocycles. The van der Waals surface area contributed by atoms with Crippen LogP contribution in [0.5, 0.6) is 0 Å². The van der Waals surface area contributed by atoms with Crippen LogP contribution in [0.3, 0.4) is 0 Å². The highest BCUT2D eigenvalue weighted by Crippen LogP contribution is 2.24. The van der Waals surface area contributed by atoms with E-state index in [9.17, 15) is 5.11 Å². The molecule has 4 nitrogen and oxygen atoms in total. The summed E-state index contributed by atoms with van der Waals surface area (Å²) >= 11 is 1.49. The molecule has 0 aliphatic carbocycles. The zero-order valence-corrected chi connectivity index (χ0v) is 9.56. The molecule has 0 radical (unpaired) electrons. The Morgan fingerprint density at radius 1 is 1.19 bits per heavy atom. The lowest BCUT2D eigenvalue weighted by atomic mass is 10.2. The van der Waals surface area contributed by atoms with Gasteiger partial charge in [0.1, 0.15) is 5.03 Å². The summed E-state index contributed by atoms with van der Waals surface area (Å²) in [6.07, 6.45) is 6.18. The van der Waals surface area contributed by atoms with Crippen LogP contribution in [0, 0.1) is 0 Å². The van der Waals surface area contributed by atoms with Crippen LogP contribution in [0.2, 0.25) is 0 Å². The highest BCUT2D eigenvalue weighted by atomic mass is 32.2. The largest absolute Gasteiger partial charge is 0.387 e. The molecular weight excluding hydrogens is 222 g/mol. The van der Waals surface area contributed by atoms with E-state index in [1.807, 2.05) is 12.1 Å². The minimum Gasteiger partial charge on any atom is -0.387 e. The van der Waals surface area contributed by atoms with Gasteiger partial charge in [0.05, 0.1) is 18.0 Å². The Kier molecular flexibility index (Phi) is 3.48. The predicted octanol–water partition coefficient (Wildman–Crippen LogP) is 2.08. The second-order valence-electron chi connectivity index (χ2n) is 3.24. The van der Waals surface area contributed by atoms with E-state index in [0.717, 1.165) is 9.92 Å². The summed E-state index contributed by atoms with van der Waals surface area (Å²) in [5.74, 6) is 0. The van der Waals surface area contributed by atoms with Crippen LogP contribution in [-0.4, -0.2) is 20.1 Å². The summed E-state index contributed by atoms with van der Waals surface area (Å²) in [5, 5.41) is 10.1. The van der Waals surface area contributed by atoms with E-state index in [4.69, 9.17) is 0 Å². The van der Waals surface area contributed by atoms with E-state index < -0.39 is 6.10 Å². The van der Waals surface area contributed by atoms with E-state index >= 15 is 0 Å². The molecule has 82 valence electrons. The van der Waals surface area contributed by atoms with Gasteiger partial charge < -0.3 is 5.11 Å². The Labute approximate surface area is 97.8 Å². The third-order valence-corrected chi connectivity index (χ3v) is 2.85. The molecule has 0 amide bonds. The quantitative estimate of drug-likeness (QED) is 0.879. The van der Waals surface area contributed by atoms with Crippen molar-refractivity contribution in [2.24, 2.45) is 0 Å². The van der Waals surface area contributed by atoms with E-state index in [1.165, 1.54) is 11.8 Å². The van der Waals surface area contributed by atoms with Crippen molar-refractivity contribution in [2.45, 2.75) is 22.9 Å². The number of hydrogen-bond acceptors (Lipinski definition) is 5. The van der Waals surface area contributed by atoms with Gasteiger partial charge in [-0.15, -0.1) is 0 Å². The average Bonchev–Trinajstić information content (AvgIpc) is 2.31. The van der Waals surface area contributed by atoms with Crippen molar-refractivity contribution >= 4 is 11.8 Å². The summed E-state index contributed by atoms with van der Waals surface area (Å²) in [6.45, 7) is 1.69. The second kappa shape index (κ2) is 5.05. The van der Waals surface area contributed by atoms with Crippen LogP contribution >= 0.6 is 11.8 Å². The standard InChI is InChI=1S/C11H11N3OS/c1-8(15)10-3-2-9(6-14-10)16-11-7-12-4-5-13-11/h2-8,15H,1H3/t8-/m0/s1. The van der Waals surface area contributed by atoms with E-state index in [2.05, 4.69) is 15.0 Å². The maximum atomic E-state index is 9.31. The fourth-order valence-electron chi connectivity index (χ4n) is 1.16. The normalized spacial score (nSPS) is 12.4. The van der Waals surface area contributed by atoms with Gasteiger partial charge in [-0.3, -0.25) is 9.97 Å². The molecule has 0 saturated heterocycles. The lowest BCUT2D eigenvalue weighted by molar-refractivity contribution is 0.194. The van der Waals surface area contributed by atoms with Crippen LogP contribution in [0.4, 0.5) is 0 Å². The minimum absolute atomic E-state index is 0.532. The van der Waals surface area contributed by atoms with Gasteiger partial charge in [0, 0.05) is 23.5 Å². The fraction of sp³-hybridized carbons (Fsp3) is 0.182. The highest BCUT2D eigenvalue weighted by Gasteiger charge is 2.03. The monoisotopic (exact) mass is 233 g/mol. The van der Waals surface area contributed by atoms with Crippen LogP contribution in [0.25, 0.3) is 0 Å². The lowest BCUT2D eigenvalue weighted by Gasteiger charge is -2.04. The number of nitrogens with zero attached hydrogens (tertiary/aromatic N) is 3. The Bertz CT molecular complexity index is 445. The van der Waals surface area contributed by atoms with Gasteiger partial charge in [-0.1, -0.05) is 11.8 Å². The average molecular weight is 233 g/mol. The molecule has 0 spiro atoms. The number of aliphatic hydroxyl groups excluding tert-OH is 1. The van der Waals surface area contributed by atoms with Gasteiger partial charge in [0.25, 0.3) is 0 Å². The first-order chi connectivity index (χ1) is 7.75. The number of pyridine rings is 1. The number of rotatable bonds is 3. The molecule has 0 aliphatic rings. The molecule has 1 N–H and O–H groups in total. The molecule has 0 bridgehead atoms. The number of aromatic nitrogens is 3. The first kappa shape index (κ1) is 11.0. The Morgan fingerprint density at radius 3 is 2.62 bits per heavy atom. The van der Waals surface area contributed by atoms with Crippen LogP contribution in [-0.2, 0) is 0 Å². The zero-order chi connectivity index (χ0) is 11.4. The summed E-state index contributed by atoms with van der Waals surface area (Å²) in [7, 11) is 0. The van der Waals surface area contributed by atoms with Crippen molar-refractivity contribution in [3.05, 3.63) is 42.6 Å². The van der Waals surface area contributed by atoms with Gasteiger partial charge in [-0.05, 0) is 19.1 Å². The molecule has 2 heterocycles. The Balaban J connectivity index is 2.11. The topological polar surface area (TPSA) is 58.9 Å². The first-order valence-corrected chi connectivity index (χ1v) is 5.65. The van der Waals surface area contributed by atoms with E-state index in [-0.39, 0.29) is 0 Å². The summed E-state index contributed by atoms with van der Waals surface area (Å²) in [5.41, 5.74) is 0.670. The molecular formula is C11H11N3OS. The van der Waals surface area contributed by atoms with Gasteiger partial charge >= 0.3 is 0 Å². The third-order valence-electron chi connectivity index (χ3n) is 1.95. The van der Waals surface area contributed by atoms with Gasteiger partial charge in [-0.25, -0.2) is 4.98 Å². The molecule has 2 rings (SSSR count). The fourth-order valence-corrected chi connectivity index (χ4v) is 1.87. The Hall–Kier alpha value is -1.46. The first-order valence-electron chi connectivity index (χ1n) is 4.83. The third kappa shape index (κ3) is 2.77. The van der Waals surface area contributed by atoms with E-state index in [1.54, 1.807) is 31.7 Å². The summed E-state index contributed by atoms with van der Waals surface area (Å²) in [4.78, 5) is 13.3. The van der Waals surface area contributed by atoms with Crippen molar-refractivity contribution in [3.63, 3.8) is 0 Å². The van der Waals surface area contributed by atoms with Crippen molar-refractivity contribution in [1.29, 1.82) is 0 Å². The van der Waals surface area contributed by atoms with Crippen molar-refractivity contribution in [1.82, 2.24) is 15.0 Å². The number of aliphatic hydroxyl groups is 1. The lowest BCUT2D eigenvalue weighted by Crippen LogP contribution is -1.94. The summed E-state index contributed by atoms with van der Waals surface area (Å²) in [6, 6.07) is 3.72. The van der Waals surface area contributed by atoms with Crippen molar-refractivity contribution < 1.29 is 5.11 Å². The molecule has 0 fully saturated rings. The van der Waals surface area contributed by atoms with Crippen molar-refractivity contribution in [2.75, 3.05) is 0 Å². The highest BCUT2D eigenvalue weighted by molar-refractivity contribution is 7.99. The zero-order valence-electron chi connectivity index (χ0n) is 8.74. The molecule has 0 aromatic carbocycles. The SMILES string of the molecule is C[C@H](O)c1ccc(Sc2cnccn2)cn1. The van der Waals surface area contributed by atoms with Gasteiger partial charge in [0.15, 0.2) is 0 Å². The van der Waals surface area contributed by atoms with Crippen LogP contribution in [0.1, 0.15) is 18.7 Å². The number of hydrogen-bond donors (Lipinski definition) is 1. The molecule has 2 aromatic heterocycles. The summed E-state index contributed by atoms with van der Waals surface area (Å²) < 4.78 is 0. The molecule has 0 saturated carbocycles. The maximum Gasteiger partial charge on any atom is 0.119 e. The van der Waals surface area contributed by atoms with Gasteiger partial charge in [0.2, 0.25) is 0 Å². The van der Waals surface area contributed by atoms with Crippen LogP contribution < -0.4 is 0 Å². The smallest absolute Gasteiger partial charge is 0.119 e. The molecule has 1 atom stereocenters. The predicted molar refractivity (Wildman–Crippen MR) is 61.0 cm³/mol. The second-order valence-corrected chi connectivity index (χ2v) is 4.33. The van der Waals surface area contributed by atoms with Gasteiger partial charge in [-0.2, -0.15) is 0 Å². The maximum absolute atomic E-state index is 9.31. The molecule has 16 heavy (non-hydrogen) atoms.